The van der Waals surface area contributed by atoms with Crippen molar-refractivity contribution in [2.24, 2.45) is 0 Å². The van der Waals surface area contributed by atoms with Gasteiger partial charge in [0.2, 0.25) is 5.91 Å². The van der Waals surface area contributed by atoms with E-state index in [0.717, 1.165) is 24.3 Å². The molecule has 3 unspecified atom stereocenters. The van der Waals surface area contributed by atoms with Crippen LogP contribution in [0.2, 0.25) is 0 Å². The van der Waals surface area contributed by atoms with Gasteiger partial charge in [-0.15, -0.1) is 0 Å². The average molecular weight is 448 g/mol. The first kappa shape index (κ1) is 21.7. The van der Waals surface area contributed by atoms with Crippen LogP contribution in [0.5, 0.6) is 5.75 Å². The number of allylic oxidation sites excluding steroid dienone is 1. The fourth-order valence-electron chi connectivity index (χ4n) is 4.77. The van der Waals surface area contributed by atoms with Crippen LogP contribution in [-0.2, 0) is 22.6 Å². The molecule has 0 spiro atoms. The Morgan fingerprint density at radius 2 is 2.00 bits per heavy atom. The number of fused-ring (bicyclic) bond motifs is 1. The van der Waals surface area contributed by atoms with E-state index >= 15 is 0 Å². The van der Waals surface area contributed by atoms with E-state index < -0.39 is 6.04 Å². The van der Waals surface area contributed by atoms with E-state index in [2.05, 4.69) is 29.3 Å². The van der Waals surface area contributed by atoms with Crippen molar-refractivity contribution in [1.29, 1.82) is 0 Å². The SMILES string of the molecule is C=C1CCC(N2Cc3cc(OC4CCOCC4NCc4ccccc4)ccc3C2=O)C(=O)N1. The van der Waals surface area contributed by atoms with Gasteiger partial charge in [0.05, 0.1) is 19.3 Å². The Bertz CT molecular complexity index is 1050. The van der Waals surface area contributed by atoms with Crippen LogP contribution in [0.3, 0.4) is 0 Å². The number of nitrogens with one attached hydrogen (secondary N) is 2. The minimum absolute atomic E-state index is 0.0242. The molecule has 0 saturated carbocycles. The maximum Gasteiger partial charge on any atom is 0.255 e. The minimum atomic E-state index is -0.457. The van der Waals surface area contributed by atoms with Gasteiger partial charge in [-0.05, 0) is 42.2 Å². The van der Waals surface area contributed by atoms with Crippen LogP contribution < -0.4 is 15.4 Å². The van der Waals surface area contributed by atoms with E-state index in [1.807, 2.05) is 36.4 Å². The molecule has 172 valence electrons. The van der Waals surface area contributed by atoms with Gasteiger partial charge in [0.1, 0.15) is 17.9 Å². The van der Waals surface area contributed by atoms with Crippen molar-refractivity contribution in [1.82, 2.24) is 15.5 Å². The van der Waals surface area contributed by atoms with Crippen molar-refractivity contribution < 1.29 is 19.1 Å². The number of hydrogen-bond acceptors (Lipinski definition) is 5. The molecule has 2 aromatic rings. The summed E-state index contributed by atoms with van der Waals surface area (Å²) in [6.07, 6.45) is 2.06. The normalized spacial score (nSPS) is 25.0. The maximum atomic E-state index is 13.0. The second kappa shape index (κ2) is 9.37. The summed E-state index contributed by atoms with van der Waals surface area (Å²) >= 11 is 0. The number of nitrogens with zero attached hydrogens (tertiary/aromatic N) is 1. The topological polar surface area (TPSA) is 79.9 Å². The van der Waals surface area contributed by atoms with E-state index in [1.165, 1.54) is 5.56 Å². The van der Waals surface area contributed by atoms with Gasteiger partial charge >= 0.3 is 0 Å². The van der Waals surface area contributed by atoms with Gasteiger partial charge in [0.15, 0.2) is 0 Å². The predicted molar refractivity (Wildman–Crippen MR) is 124 cm³/mol. The third kappa shape index (κ3) is 4.65. The second-order valence-electron chi connectivity index (χ2n) is 8.89. The monoisotopic (exact) mass is 447 g/mol. The van der Waals surface area contributed by atoms with Gasteiger partial charge in [-0.2, -0.15) is 0 Å². The summed E-state index contributed by atoms with van der Waals surface area (Å²) in [5.74, 6) is 0.486. The molecule has 3 heterocycles. The molecule has 3 atom stereocenters. The molecular weight excluding hydrogens is 418 g/mol. The Morgan fingerprint density at radius 3 is 2.82 bits per heavy atom. The lowest BCUT2D eigenvalue weighted by molar-refractivity contribution is -0.126. The van der Waals surface area contributed by atoms with Crippen LogP contribution in [0.4, 0.5) is 0 Å². The number of piperidine rings is 1. The van der Waals surface area contributed by atoms with Crippen molar-refractivity contribution in [3.63, 3.8) is 0 Å². The molecule has 7 nitrogen and oxygen atoms in total. The van der Waals surface area contributed by atoms with E-state index in [1.54, 1.807) is 4.90 Å². The van der Waals surface area contributed by atoms with Crippen LogP contribution in [-0.4, -0.2) is 48.1 Å². The highest BCUT2D eigenvalue weighted by atomic mass is 16.5. The Balaban J connectivity index is 1.25. The number of amides is 2. The zero-order chi connectivity index (χ0) is 22.8. The number of carbonyl (C=O) groups is 2. The molecule has 33 heavy (non-hydrogen) atoms. The number of ether oxygens (including phenoxy) is 2. The molecule has 0 bridgehead atoms. The minimum Gasteiger partial charge on any atom is -0.489 e. The molecule has 0 aliphatic carbocycles. The molecule has 3 aliphatic heterocycles. The quantitative estimate of drug-likeness (QED) is 0.712. The number of carbonyl (C=O) groups excluding carboxylic acids is 2. The molecule has 2 amide bonds. The lowest BCUT2D eigenvalue weighted by Crippen LogP contribution is -2.49. The van der Waals surface area contributed by atoms with Crippen LogP contribution in [0.25, 0.3) is 0 Å². The number of rotatable bonds is 6. The lowest BCUT2D eigenvalue weighted by Gasteiger charge is -2.32. The van der Waals surface area contributed by atoms with Gasteiger partial charge in [0.25, 0.3) is 5.91 Å². The number of benzene rings is 2. The van der Waals surface area contributed by atoms with Gasteiger partial charge in [-0.1, -0.05) is 36.9 Å². The van der Waals surface area contributed by atoms with Crippen LogP contribution in [0, 0.1) is 0 Å². The Morgan fingerprint density at radius 1 is 1.15 bits per heavy atom. The molecule has 2 saturated heterocycles. The van der Waals surface area contributed by atoms with Crippen molar-refractivity contribution >= 4 is 11.8 Å². The summed E-state index contributed by atoms with van der Waals surface area (Å²) in [7, 11) is 0. The smallest absolute Gasteiger partial charge is 0.255 e. The Hall–Kier alpha value is -3.16. The summed E-state index contributed by atoms with van der Waals surface area (Å²) in [5, 5.41) is 6.34. The summed E-state index contributed by atoms with van der Waals surface area (Å²) in [6.45, 7) is 6.24. The van der Waals surface area contributed by atoms with Crippen LogP contribution in [0.15, 0.2) is 60.8 Å². The van der Waals surface area contributed by atoms with Gasteiger partial charge in [-0.25, -0.2) is 0 Å². The molecule has 0 radical (unpaired) electrons. The van der Waals surface area contributed by atoms with Crippen LogP contribution >= 0.6 is 0 Å². The van der Waals surface area contributed by atoms with Crippen molar-refractivity contribution in [3.8, 4) is 5.75 Å². The van der Waals surface area contributed by atoms with E-state index in [-0.39, 0.29) is 24.0 Å². The van der Waals surface area contributed by atoms with E-state index in [9.17, 15) is 9.59 Å². The molecule has 5 rings (SSSR count). The van der Waals surface area contributed by atoms with Gasteiger partial charge in [-0.3, -0.25) is 9.59 Å². The molecule has 2 fully saturated rings. The van der Waals surface area contributed by atoms with Gasteiger partial charge < -0.3 is 25.0 Å². The third-order valence-electron chi connectivity index (χ3n) is 6.60. The first-order valence-electron chi connectivity index (χ1n) is 11.5. The van der Waals surface area contributed by atoms with E-state index in [4.69, 9.17) is 9.47 Å². The molecule has 2 aromatic carbocycles. The standard InChI is InChI=1S/C26H29N3O4/c1-17-7-10-23(25(30)28-17)29-15-19-13-20(8-9-21(19)26(29)31)33-24-11-12-32-16-22(24)27-14-18-5-3-2-4-6-18/h2-6,8-9,13,22-24,27H,1,7,10-12,14-16H2,(H,28,30). The van der Waals surface area contributed by atoms with Crippen molar-refractivity contribution in [2.75, 3.05) is 13.2 Å². The molecule has 3 aliphatic rings. The number of hydrogen-bond donors (Lipinski definition) is 2. The zero-order valence-electron chi connectivity index (χ0n) is 18.6. The summed E-state index contributed by atoms with van der Waals surface area (Å²) in [5.41, 5.74) is 3.47. The highest BCUT2D eigenvalue weighted by Gasteiger charge is 2.38. The zero-order valence-corrected chi connectivity index (χ0v) is 18.6. The average Bonchev–Trinajstić information content (AvgIpc) is 3.14. The van der Waals surface area contributed by atoms with Crippen LogP contribution in [0.1, 0.15) is 40.7 Å². The maximum absolute atomic E-state index is 13.0. The second-order valence-corrected chi connectivity index (χ2v) is 8.89. The largest absolute Gasteiger partial charge is 0.489 e. The van der Waals surface area contributed by atoms with E-state index in [0.29, 0.717) is 43.9 Å². The summed E-state index contributed by atoms with van der Waals surface area (Å²) < 4.78 is 12.1. The van der Waals surface area contributed by atoms with Gasteiger partial charge in [0, 0.05) is 30.8 Å². The summed E-state index contributed by atoms with van der Waals surface area (Å²) in [6, 6.07) is 15.5. The molecule has 0 aromatic heterocycles. The lowest BCUT2D eigenvalue weighted by atomic mass is 10.0. The first-order valence-corrected chi connectivity index (χ1v) is 11.5. The predicted octanol–water partition coefficient (Wildman–Crippen LogP) is 2.76. The van der Waals surface area contributed by atoms with Crippen molar-refractivity contribution in [2.45, 2.75) is 50.5 Å². The Labute approximate surface area is 193 Å². The van der Waals surface area contributed by atoms with Crippen molar-refractivity contribution in [3.05, 3.63) is 77.5 Å². The molecular formula is C26H29N3O4. The third-order valence-corrected chi connectivity index (χ3v) is 6.60. The summed E-state index contributed by atoms with van der Waals surface area (Å²) in [4.78, 5) is 27.0. The fourth-order valence-corrected chi connectivity index (χ4v) is 4.77. The molecule has 7 heteroatoms. The first-order chi connectivity index (χ1) is 16.1. The Kier molecular flexibility index (Phi) is 6.15. The highest BCUT2D eigenvalue weighted by molar-refractivity contribution is 6.01. The molecule has 2 N–H and O–H groups in total. The fraction of sp³-hybridized carbons (Fsp3) is 0.385. The highest BCUT2D eigenvalue weighted by Crippen LogP contribution is 2.31.